The number of hydrogen-bond donors (Lipinski definition) is 2. The van der Waals surface area contributed by atoms with E-state index in [1.165, 1.54) is 0 Å². The Morgan fingerprint density at radius 1 is 1.37 bits per heavy atom. The van der Waals surface area contributed by atoms with Crippen molar-refractivity contribution >= 4 is 21.6 Å². The minimum atomic E-state index is 0.329. The molecule has 2 rings (SSSR count). The molecule has 0 saturated heterocycles. The van der Waals surface area contributed by atoms with Crippen molar-refractivity contribution < 1.29 is 9.84 Å². The molecule has 1 heterocycles. The number of methoxy groups -OCH3 is 1. The first-order valence-corrected chi connectivity index (χ1v) is 6.62. The zero-order valence-electron chi connectivity index (χ0n) is 10.8. The van der Waals surface area contributed by atoms with Gasteiger partial charge in [-0.2, -0.15) is 0 Å². The molecule has 1 aromatic heterocycles. The van der Waals surface area contributed by atoms with E-state index < -0.39 is 0 Å². The summed E-state index contributed by atoms with van der Waals surface area (Å²) in [4.78, 5) is 4.14. The summed E-state index contributed by atoms with van der Waals surface area (Å²) in [6.07, 6.45) is 0. The van der Waals surface area contributed by atoms with Crippen LogP contribution < -0.4 is 10.1 Å². The molecule has 1 aromatic carbocycles. The second-order valence-corrected chi connectivity index (χ2v) is 4.97. The van der Waals surface area contributed by atoms with Crippen LogP contribution >= 0.6 is 15.9 Å². The molecule has 0 radical (unpaired) electrons. The van der Waals surface area contributed by atoms with Crippen LogP contribution in [0.3, 0.4) is 0 Å². The zero-order chi connectivity index (χ0) is 13.8. The highest BCUT2D eigenvalue weighted by Crippen LogP contribution is 2.24. The standard InChI is InChI=1S/C14H15BrN2O2/c1-9-4-3-5-10(14(9)18)8-16-11-6-12(15)17-13(7-11)19-2/h3-7,18H,8H2,1-2H3,(H,16,17). The number of halogens is 1. The third kappa shape index (κ3) is 3.38. The maximum absolute atomic E-state index is 9.94. The van der Waals surface area contributed by atoms with Gasteiger partial charge in [0, 0.05) is 23.9 Å². The van der Waals surface area contributed by atoms with Crippen LogP contribution in [-0.2, 0) is 6.54 Å². The molecule has 100 valence electrons. The van der Waals surface area contributed by atoms with Crippen molar-refractivity contribution in [2.45, 2.75) is 13.5 Å². The van der Waals surface area contributed by atoms with Gasteiger partial charge in [0.1, 0.15) is 10.4 Å². The number of ether oxygens (including phenoxy) is 1. The summed E-state index contributed by atoms with van der Waals surface area (Å²) in [6, 6.07) is 9.36. The van der Waals surface area contributed by atoms with E-state index in [9.17, 15) is 5.11 Å². The van der Waals surface area contributed by atoms with Crippen molar-refractivity contribution in [3.8, 4) is 11.6 Å². The summed E-state index contributed by atoms with van der Waals surface area (Å²) in [5, 5.41) is 13.2. The lowest BCUT2D eigenvalue weighted by Crippen LogP contribution is -2.01. The van der Waals surface area contributed by atoms with Crippen molar-refractivity contribution in [1.29, 1.82) is 0 Å². The van der Waals surface area contributed by atoms with Crippen molar-refractivity contribution in [1.82, 2.24) is 4.98 Å². The maximum atomic E-state index is 9.94. The number of anilines is 1. The third-order valence-corrected chi connectivity index (χ3v) is 3.19. The molecule has 5 heteroatoms. The Labute approximate surface area is 120 Å². The molecule has 0 saturated carbocycles. The SMILES string of the molecule is COc1cc(NCc2cccc(C)c2O)cc(Br)n1. The van der Waals surface area contributed by atoms with E-state index in [0.29, 0.717) is 22.8 Å². The van der Waals surface area contributed by atoms with Gasteiger partial charge in [-0.05, 0) is 34.5 Å². The molecule has 0 aliphatic heterocycles. The van der Waals surface area contributed by atoms with Crippen LogP contribution in [0.15, 0.2) is 34.9 Å². The lowest BCUT2D eigenvalue weighted by atomic mass is 10.1. The Hall–Kier alpha value is -1.75. The van der Waals surface area contributed by atoms with Crippen LogP contribution in [0, 0.1) is 6.92 Å². The predicted molar refractivity (Wildman–Crippen MR) is 78.7 cm³/mol. The number of aromatic nitrogens is 1. The van der Waals surface area contributed by atoms with E-state index in [2.05, 4.69) is 26.2 Å². The normalized spacial score (nSPS) is 10.3. The quantitative estimate of drug-likeness (QED) is 0.846. The first-order chi connectivity index (χ1) is 9.10. The van der Waals surface area contributed by atoms with Gasteiger partial charge in [0.15, 0.2) is 0 Å². The molecule has 0 fully saturated rings. The second-order valence-electron chi connectivity index (χ2n) is 4.16. The number of aromatic hydroxyl groups is 1. The van der Waals surface area contributed by atoms with Crippen molar-refractivity contribution in [2.75, 3.05) is 12.4 Å². The average molecular weight is 323 g/mol. The van der Waals surface area contributed by atoms with Gasteiger partial charge >= 0.3 is 0 Å². The highest BCUT2D eigenvalue weighted by molar-refractivity contribution is 9.10. The summed E-state index contributed by atoms with van der Waals surface area (Å²) in [5.41, 5.74) is 2.60. The highest BCUT2D eigenvalue weighted by Gasteiger charge is 2.05. The smallest absolute Gasteiger partial charge is 0.216 e. The van der Waals surface area contributed by atoms with Gasteiger partial charge in [-0.15, -0.1) is 0 Å². The lowest BCUT2D eigenvalue weighted by Gasteiger charge is -2.10. The molecule has 0 aliphatic carbocycles. The maximum Gasteiger partial charge on any atom is 0.216 e. The molecule has 0 atom stereocenters. The minimum absolute atomic E-state index is 0.329. The molecule has 0 unspecified atom stereocenters. The molecule has 0 spiro atoms. The number of para-hydroxylation sites is 1. The Kier molecular flexibility index (Phi) is 4.27. The zero-order valence-corrected chi connectivity index (χ0v) is 12.4. The average Bonchev–Trinajstić information content (AvgIpc) is 2.40. The number of rotatable bonds is 4. The molecule has 0 amide bonds. The van der Waals surface area contributed by atoms with Gasteiger partial charge in [0.05, 0.1) is 7.11 Å². The number of pyridine rings is 1. The fraction of sp³-hybridized carbons (Fsp3) is 0.214. The Morgan fingerprint density at radius 2 is 2.16 bits per heavy atom. The largest absolute Gasteiger partial charge is 0.507 e. The van der Waals surface area contributed by atoms with E-state index in [1.54, 1.807) is 13.2 Å². The monoisotopic (exact) mass is 322 g/mol. The van der Waals surface area contributed by atoms with Crippen LogP contribution in [0.4, 0.5) is 5.69 Å². The van der Waals surface area contributed by atoms with Crippen LogP contribution in [-0.4, -0.2) is 17.2 Å². The molecule has 2 aromatic rings. The summed E-state index contributed by atoms with van der Waals surface area (Å²) in [6.45, 7) is 2.41. The first kappa shape index (κ1) is 13.7. The van der Waals surface area contributed by atoms with E-state index in [0.717, 1.165) is 16.8 Å². The van der Waals surface area contributed by atoms with Gasteiger partial charge in [0.2, 0.25) is 5.88 Å². The van der Waals surface area contributed by atoms with E-state index in [4.69, 9.17) is 4.74 Å². The van der Waals surface area contributed by atoms with Crippen LogP contribution in [0.25, 0.3) is 0 Å². The topological polar surface area (TPSA) is 54.4 Å². The van der Waals surface area contributed by atoms with Crippen LogP contribution in [0.1, 0.15) is 11.1 Å². The molecular formula is C14H15BrN2O2. The third-order valence-electron chi connectivity index (χ3n) is 2.78. The Morgan fingerprint density at radius 3 is 2.89 bits per heavy atom. The van der Waals surface area contributed by atoms with Crippen molar-refractivity contribution in [3.63, 3.8) is 0 Å². The molecule has 0 bridgehead atoms. The van der Waals surface area contributed by atoms with Gasteiger partial charge in [-0.1, -0.05) is 18.2 Å². The molecule has 4 nitrogen and oxygen atoms in total. The van der Waals surface area contributed by atoms with E-state index in [-0.39, 0.29) is 0 Å². The molecule has 2 N–H and O–H groups in total. The lowest BCUT2D eigenvalue weighted by molar-refractivity contribution is 0.397. The van der Waals surface area contributed by atoms with Crippen molar-refractivity contribution in [2.24, 2.45) is 0 Å². The highest BCUT2D eigenvalue weighted by atomic mass is 79.9. The van der Waals surface area contributed by atoms with Gasteiger partial charge in [0.25, 0.3) is 0 Å². The molecular weight excluding hydrogens is 308 g/mol. The second kappa shape index (κ2) is 5.93. The number of phenols is 1. The van der Waals surface area contributed by atoms with E-state index >= 15 is 0 Å². The fourth-order valence-corrected chi connectivity index (χ4v) is 2.16. The summed E-state index contributed by atoms with van der Waals surface area (Å²) in [5.74, 6) is 0.862. The van der Waals surface area contributed by atoms with Crippen molar-refractivity contribution in [3.05, 3.63) is 46.1 Å². The minimum Gasteiger partial charge on any atom is -0.507 e. The predicted octanol–water partition coefficient (Wildman–Crippen LogP) is 3.48. The Balaban J connectivity index is 2.14. The number of benzene rings is 1. The van der Waals surface area contributed by atoms with Gasteiger partial charge in [-0.3, -0.25) is 0 Å². The number of phenolic OH excluding ortho intramolecular Hbond substituents is 1. The molecule has 19 heavy (non-hydrogen) atoms. The van der Waals surface area contributed by atoms with Gasteiger partial charge in [-0.25, -0.2) is 4.98 Å². The molecule has 0 aliphatic rings. The Bertz CT molecular complexity index is 588. The summed E-state index contributed by atoms with van der Waals surface area (Å²) >= 11 is 3.33. The van der Waals surface area contributed by atoms with Crippen LogP contribution in [0.2, 0.25) is 0 Å². The van der Waals surface area contributed by atoms with Gasteiger partial charge < -0.3 is 15.2 Å². The number of nitrogens with zero attached hydrogens (tertiary/aromatic N) is 1. The number of hydrogen-bond acceptors (Lipinski definition) is 4. The fourth-order valence-electron chi connectivity index (χ4n) is 1.74. The summed E-state index contributed by atoms with van der Waals surface area (Å²) < 4.78 is 5.80. The van der Waals surface area contributed by atoms with E-state index in [1.807, 2.05) is 31.2 Å². The number of nitrogens with one attached hydrogen (secondary N) is 1. The van der Waals surface area contributed by atoms with Crippen LogP contribution in [0.5, 0.6) is 11.6 Å². The summed E-state index contributed by atoms with van der Waals surface area (Å²) in [7, 11) is 1.57. The first-order valence-electron chi connectivity index (χ1n) is 5.83. The number of aryl methyl sites for hydroxylation is 1.